The third-order valence-electron chi connectivity index (χ3n) is 3.40. The normalized spacial score (nSPS) is 17.5. The van der Waals surface area contributed by atoms with Crippen LogP contribution in [0.1, 0.15) is 38.8 Å². The first-order valence-electron chi connectivity index (χ1n) is 7.08. The molecule has 1 aliphatic rings. The second kappa shape index (κ2) is 5.55. The first kappa shape index (κ1) is 15.6. The molecule has 0 fully saturated rings. The summed E-state index contributed by atoms with van der Waals surface area (Å²) in [6, 6.07) is 3.85. The van der Waals surface area contributed by atoms with Crippen molar-refractivity contribution >= 4 is 11.6 Å². The molecule has 1 unspecified atom stereocenters. The van der Waals surface area contributed by atoms with Gasteiger partial charge in [-0.1, -0.05) is 11.6 Å². The lowest BCUT2D eigenvalue weighted by Crippen LogP contribution is -2.47. The molecule has 0 bridgehead atoms. The predicted octanol–water partition coefficient (Wildman–Crippen LogP) is 2.96. The molecule has 1 aromatic carbocycles. The van der Waals surface area contributed by atoms with Crippen LogP contribution in [0.4, 0.5) is 0 Å². The zero-order valence-electron chi connectivity index (χ0n) is 12.7. The van der Waals surface area contributed by atoms with Gasteiger partial charge < -0.3 is 15.2 Å². The average molecular weight is 298 g/mol. The number of halogens is 1. The number of aliphatic hydroxyl groups is 1. The van der Waals surface area contributed by atoms with Gasteiger partial charge in [0.15, 0.2) is 0 Å². The number of benzene rings is 1. The molecule has 0 aromatic heterocycles. The van der Waals surface area contributed by atoms with Crippen LogP contribution in [0.5, 0.6) is 5.75 Å². The van der Waals surface area contributed by atoms with E-state index < -0.39 is 5.60 Å². The Morgan fingerprint density at radius 1 is 1.30 bits per heavy atom. The van der Waals surface area contributed by atoms with Crippen molar-refractivity contribution in [1.82, 2.24) is 5.32 Å². The van der Waals surface area contributed by atoms with E-state index in [0.717, 1.165) is 23.3 Å². The quantitative estimate of drug-likeness (QED) is 0.898. The van der Waals surface area contributed by atoms with E-state index in [4.69, 9.17) is 16.3 Å². The van der Waals surface area contributed by atoms with E-state index in [1.165, 1.54) is 0 Å². The van der Waals surface area contributed by atoms with Crippen LogP contribution >= 0.6 is 11.6 Å². The average Bonchev–Trinajstić information content (AvgIpc) is 2.73. The number of fused-ring (bicyclic) bond motifs is 1. The largest absolute Gasteiger partial charge is 0.493 e. The Kier molecular flexibility index (Phi) is 4.33. The summed E-state index contributed by atoms with van der Waals surface area (Å²) in [5.74, 6) is 0.908. The highest BCUT2D eigenvalue weighted by Gasteiger charge is 2.27. The zero-order chi connectivity index (χ0) is 15.0. The van der Waals surface area contributed by atoms with Crippen LogP contribution in [-0.4, -0.2) is 29.4 Å². The van der Waals surface area contributed by atoms with Gasteiger partial charge in [0.25, 0.3) is 0 Å². The van der Waals surface area contributed by atoms with Gasteiger partial charge in [-0.3, -0.25) is 0 Å². The van der Waals surface area contributed by atoms with Crippen molar-refractivity contribution in [3.05, 3.63) is 28.3 Å². The van der Waals surface area contributed by atoms with Crippen LogP contribution < -0.4 is 10.1 Å². The predicted molar refractivity (Wildman–Crippen MR) is 82.7 cm³/mol. The lowest BCUT2D eigenvalue weighted by Gasteiger charge is -2.30. The molecule has 0 saturated carbocycles. The lowest BCUT2D eigenvalue weighted by molar-refractivity contribution is 0.0529. The summed E-state index contributed by atoms with van der Waals surface area (Å²) in [4.78, 5) is 0. The molecule has 0 saturated heterocycles. The molecule has 0 spiro atoms. The molecule has 4 heteroatoms. The van der Waals surface area contributed by atoms with E-state index in [1.807, 2.05) is 19.1 Å². The minimum atomic E-state index is -0.836. The summed E-state index contributed by atoms with van der Waals surface area (Å²) in [6.45, 7) is 9.33. The van der Waals surface area contributed by atoms with E-state index >= 15 is 0 Å². The zero-order valence-corrected chi connectivity index (χ0v) is 13.5. The Balaban J connectivity index is 2.13. The molecular formula is C16H24ClNO2. The van der Waals surface area contributed by atoms with E-state index in [2.05, 4.69) is 26.1 Å². The maximum Gasteiger partial charge on any atom is 0.126 e. The maximum absolute atomic E-state index is 10.6. The fraction of sp³-hybridized carbons (Fsp3) is 0.625. The molecule has 2 N–H and O–H groups in total. The van der Waals surface area contributed by atoms with Gasteiger partial charge in [0.2, 0.25) is 0 Å². The van der Waals surface area contributed by atoms with Gasteiger partial charge >= 0.3 is 0 Å². The van der Waals surface area contributed by atoms with Crippen molar-refractivity contribution < 1.29 is 9.84 Å². The van der Waals surface area contributed by atoms with Gasteiger partial charge in [0.1, 0.15) is 5.75 Å². The topological polar surface area (TPSA) is 41.5 Å². The SMILES string of the molecule is CC(O)(CNC(C)(C)C)Cc1cc(Cl)cc2c1OCC2. The van der Waals surface area contributed by atoms with E-state index in [0.29, 0.717) is 24.6 Å². The summed E-state index contributed by atoms with van der Waals surface area (Å²) in [6.07, 6.45) is 1.42. The fourth-order valence-electron chi connectivity index (χ4n) is 2.41. The summed E-state index contributed by atoms with van der Waals surface area (Å²) < 4.78 is 5.69. The minimum Gasteiger partial charge on any atom is -0.493 e. The molecule has 20 heavy (non-hydrogen) atoms. The van der Waals surface area contributed by atoms with E-state index in [-0.39, 0.29) is 5.54 Å². The van der Waals surface area contributed by atoms with Gasteiger partial charge in [-0.15, -0.1) is 0 Å². The molecule has 0 amide bonds. The van der Waals surface area contributed by atoms with Crippen molar-refractivity contribution in [2.24, 2.45) is 0 Å². The molecule has 1 aliphatic heterocycles. The molecule has 0 radical (unpaired) electrons. The van der Waals surface area contributed by atoms with Gasteiger partial charge in [0, 0.05) is 29.9 Å². The number of β-amino-alcohol motifs (C(OH)–C–C–N with tert-alkyl or cyclic N) is 1. The Hall–Kier alpha value is -0.770. The van der Waals surface area contributed by atoms with Crippen LogP contribution in [0.15, 0.2) is 12.1 Å². The fourth-order valence-corrected chi connectivity index (χ4v) is 2.67. The highest BCUT2D eigenvalue weighted by Crippen LogP contribution is 2.34. The second-order valence-electron chi connectivity index (χ2n) is 6.93. The monoisotopic (exact) mass is 297 g/mol. The highest BCUT2D eigenvalue weighted by atomic mass is 35.5. The van der Waals surface area contributed by atoms with Gasteiger partial charge in [-0.25, -0.2) is 0 Å². The van der Waals surface area contributed by atoms with Crippen molar-refractivity contribution in [3.8, 4) is 5.75 Å². The van der Waals surface area contributed by atoms with Crippen molar-refractivity contribution in [2.75, 3.05) is 13.2 Å². The molecule has 112 valence electrons. The summed E-state index contributed by atoms with van der Waals surface area (Å²) in [7, 11) is 0. The van der Waals surface area contributed by atoms with E-state index in [9.17, 15) is 5.11 Å². The first-order chi connectivity index (χ1) is 9.16. The van der Waals surface area contributed by atoms with Gasteiger partial charge in [0.05, 0.1) is 12.2 Å². The third-order valence-corrected chi connectivity index (χ3v) is 3.61. The third kappa shape index (κ3) is 4.11. The van der Waals surface area contributed by atoms with E-state index in [1.54, 1.807) is 0 Å². The Morgan fingerprint density at radius 3 is 2.65 bits per heavy atom. The number of rotatable bonds is 4. The van der Waals surface area contributed by atoms with Crippen LogP contribution in [0, 0.1) is 0 Å². The number of hydrogen-bond donors (Lipinski definition) is 2. The molecule has 3 nitrogen and oxygen atoms in total. The van der Waals surface area contributed by atoms with Crippen molar-refractivity contribution in [2.45, 2.75) is 51.7 Å². The van der Waals surface area contributed by atoms with Crippen molar-refractivity contribution in [3.63, 3.8) is 0 Å². The first-order valence-corrected chi connectivity index (χ1v) is 7.46. The van der Waals surface area contributed by atoms with Crippen LogP contribution in [-0.2, 0) is 12.8 Å². The second-order valence-corrected chi connectivity index (χ2v) is 7.37. The minimum absolute atomic E-state index is 0.0171. The van der Waals surface area contributed by atoms with Crippen molar-refractivity contribution in [1.29, 1.82) is 0 Å². The highest BCUT2D eigenvalue weighted by molar-refractivity contribution is 6.30. The maximum atomic E-state index is 10.6. The number of nitrogens with one attached hydrogen (secondary N) is 1. The summed E-state index contributed by atoms with van der Waals surface area (Å²) in [5, 5.41) is 14.6. The molecular weight excluding hydrogens is 274 g/mol. The van der Waals surface area contributed by atoms with Crippen LogP contribution in [0.25, 0.3) is 0 Å². The number of hydrogen-bond acceptors (Lipinski definition) is 3. The summed E-state index contributed by atoms with van der Waals surface area (Å²) in [5.41, 5.74) is 1.28. The molecule has 1 aromatic rings. The molecule has 1 atom stereocenters. The standard InChI is InChI=1S/C16H24ClNO2/c1-15(2,3)18-10-16(4,19)9-12-8-13(17)7-11-5-6-20-14(11)12/h7-8,18-19H,5-6,9-10H2,1-4H3. The Bertz CT molecular complexity index is 492. The Labute approximate surface area is 126 Å². The van der Waals surface area contributed by atoms with Crippen LogP contribution in [0.3, 0.4) is 0 Å². The lowest BCUT2D eigenvalue weighted by atomic mass is 9.93. The molecule has 1 heterocycles. The smallest absolute Gasteiger partial charge is 0.126 e. The summed E-state index contributed by atoms with van der Waals surface area (Å²) >= 11 is 6.15. The number of ether oxygens (including phenoxy) is 1. The van der Waals surface area contributed by atoms with Gasteiger partial charge in [-0.2, -0.15) is 0 Å². The molecule has 2 rings (SSSR count). The van der Waals surface area contributed by atoms with Gasteiger partial charge in [-0.05, 0) is 51.0 Å². The Morgan fingerprint density at radius 2 is 2.00 bits per heavy atom. The molecule has 0 aliphatic carbocycles. The van der Waals surface area contributed by atoms with Crippen LogP contribution in [0.2, 0.25) is 5.02 Å².